The van der Waals surface area contributed by atoms with Gasteiger partial charge in [-0.15, -0.1) is 0 Å². The minimum absolute atomic E-state index is 0.370. The molecule has 0 fully saturated rings. The molecule has 0 saturated carbocycles. The number of hydrogen-bond acceptors (Lipinski definition) is 3. The van der Waals surface area contributed by atoms with Crippen LogP contribution in [0.2, 0.25) is 0 Å². The first kappa shape index (κ1) is 21.0. The predicted molar refractivity (Wildman–Crippen MR) is 136 cm³/mol. The number of benzene rings is 4. The highest BCUT2D eigenvalue weighted by Gasteiger charge is 2.09. The number of hydrogen-bond donors (Lipinski definition) is 3. The topological polar surface area (TPSA) is 93.6 Å². The van der Waals surface area contributed by atoms with Gasteiger partial charge in [0.15, 0.2) is 0 Å². The summed E-state index contributed by atoms with van der Waals surface area (Å²) in [4.78, 5) is 20.5. The maximum atomic E-state index is 12.3. The number of rotatable bonds is 4. The summed E-state index contributed by atoms with van der Waals surface area (Å²) in [7, 11) is 0. The number of carbonyl (C=O) groups excluding carboxylic acids is 1. The van der Waals surface area contributed by atoms with Gasteiger partial charge in [-0.05, 0) is 66.1 Å². The standard InChI is InChI=1S/C28H21N5O/c1-18-5-2-10-25-26(18)33-27(32-25)22-8-4-7-21(16-22)20-11-13-23(14-12-20)30-28(34)31-24-9-3-6-19(15-24)17-29/h2-16H,1H3,(H,32,33)(H2,30,31,34). The third-order valence-corrected chi connectivity index (χ3v) is 5.58. The van der Waals surface area contributed by atoms with Crippen molar-refractivity contribution in [2.75, 3.05) is 10.6 Å². The molecule has 0 bridgehead atoms. The zero-order chi connectivity index (χ0) is 23.5. The molecule has 5 aromatic rings. The third-order valence-electron chi connectivity index (χ3n) is 5.58. The lowest BCUT2D eigenvalue weighted by Gasteiger charge is -2.09. The van der Waals surface area contributed by atoms with Crippen LogP contribution in [0.25, 0.3) is 33.5 Å². The maximum Gasteiger partial charge on any atom is 0.323 e. The lowest BCUT2D eigenvalue weighted by Crippen LogP contribution is -2.19. The minimum atomic E-state index is -0.370. The SMILES string of the molecule is Cc1cccc2[nH]c(-c3cccc(-c4ccc(NC(=O)Nc5cccc(C#N)c5)cc4)c3)nc12. The quantitative estimate of drug-likeness (QED) is 0.288. The van der Waals surface area contributed by atoms with E-state index in [1.54, 1.807) is 24.3 Å². The normalized spacial score (nSPS) is 10.6. The fourth-order valence-corrected chi connectivity index (χ4v) is 3.86. The molecule has 0 aliphatic heterocycles. The van der Waals surface area contributed by atoms with Crippen molar-refractivity contribution < 1.29 is 4.79 Å². The average molecular weight is 444 g/mol. The zero-order valence-corrected chi connectivity index (χ0v) is 18.5. The van der Waals surface area contributed by atoms with Crippen molar-refractivity contribution in [2.24, 2.45) is 0 Å². The molecule has 4 aromatic carbocycles. The molecule has 5 rings (SSSR count). The Kier molecular flexibility index (Phi) is 5.51. The van der Waals surface area contributed by atoms with Crippen molar-refractivity contribution in [3.8, 4) is 28.6 Å². The van der Waals surface area contributed by atoms with E-state index >= 15 is 0 Å². The van der Waals surface area contributed by atoms with E-state index in [2.05, 4.69) is 46.8 Å². The number of amides is 2. The van der Waals surface area contributed by atoms with Crippen LogP contribution >= 0.6 is 0 Å². The summed E-state index contributed by atoms with van der Waals surface area (Å²) in [5.41, 5.74) is 7.95. The molecule has 0 atom stereocenters. The van der Waals surface area contributed by atoms with Crippen LogP contribution in [0.5, 0.6) is 0 Å². The molecule has 2 amide bonds. The molecule has 164 valence electrons. The highest BCUT2D eigenvalue weighted by Crippen LogP contribution is 2.28. The van der Waals surface area contributed by atoms with Crippen molar-refractivity contribution >= 4 is 28.4 Å². The average Bonchev–Trinajstić information content (AvgIpc) is 3.31. The predicted octanol–water partition coefficient (Wildman–Crippen LogP) is 6.72. The molecule has 0 radical (unpaired) electrons. The van der Waals surface area contributed by atoms with Gasteiger partial charge in [0, 0.05) is 16.9 Å². The second-order valence-corrected chi connectivity index (χ2v) is 7.99. The molecule has 0 aliphatic carbocycles. The van der Waals surface area contributed by atoms with Crippen LogP contribution in [-0.4, -0.2) is 16.0 Å². The Morgan fingerprint density at radius 1 is 0.824 bits per heavy atom. The summed E-state index contributed by atoms with van der Waals surface area (Å²) >= 11 is 0. The van der Waals surface area contributed by atoms with Crippen molar-refractivity contribution in [2.45, 2.75) is 6.92 Å². The molecule has 0 saturated heterocycles. The lowest BCUT2D eigenvalue weighted by atomic mass is 10.0. The molecule has 3 N–H and O–H groups in total. The number of imidazole rings is 1. The van der Waals surface area contributed by atoms with Crippen molar-refractivity contribution in [1.82, 2.24) is 9.97 Å². The van der Waals surface area contributed by atoms with E-state index in [-0.39, 0.29) is 6.03 Å². The highest BCUT2D eigenvalue weighted by molar-refractivity contribution is 6.00. The number of H-pyrrole nitrogens is 1. The molecule has 1 heterocycles. The van der Waals surface area contributed by atoms with Gasteiger partial charge in [-0.2, -0.15) is 5.26 Å². The van der Waals surface area contributed by atoms with Gasteiger partial charge in [-0.25, -0.2) is 9.78 Å². The summed E-state index contributed by atoms with van der Waals surface area (Å²) in [6.45, 7) is 2.06. The monoisotopic (exact) mass is 443 g/mol. The molecule has 1 aromatic heterocycles. The summed E-state index contributed by atoms with van der Waals surface area (Å²) in [5.74, 6) is 0.835. The number of para-hydroxylation sites is 1. The van der Waals surface area contributed by atoms with Crippen molar-refractivity contribution in [1.29, 1.82) is 5.26 Å². The fourth-order valence-electron chi connectivity index (χ4n) is 3.86. The van der Waals surface area contributed by atoms with E-state index in [9.17, 15) is 4.79 Å². The number of aromatic amines is 1. The van der Waals surface area contributed by atoms with Gasteiger partial charge in [0.25, 0.3) is 0 Å². The van der Waals surface area contributed by atoms with E-state index < -0.39 is 0 Å². The van der Waals surface area contributed by atoms with Gasteiger partial charge < -0.3 is 15.6 Å². The molecule has 0 unspecified atom stereocenters. The van der Waals surface area contributed by atoms with E-state index in [1.807, 2.05) is 48.5 Å². The molecule has 0 aliphatic rings. The van der Waals surface area contributed by atoms with Crippen LogP contribution in [0.15, 0.2) is 91.0 Å². The van der Waals surface area contributed by atoms with Crippen LogP contribution in [-0.2, 0) is 0 Å². The first-order valence-corrected chi connectivity index (χ1v) is 10.8. The molecular weight excluding hydrogens is 422 g/mol. The Morgan fingerprint density at radius 2 is 1.56 bits per heavy atom. The van der Waals surface area contributed by atoms with Crippen molar-refractivity contribution in [3.63, 3.8) is 0 Å². The van der Waals surface area contributed by atoms with E-state index in [0.717, 1.165) is 39.1 Å². The third kappa shape index (κ3) is 4.36. The largest absolute Gasteiger partial charge is 0.338 e. The molecule has 6 heteroatoms. The number of aryl methyl sites for hydroxylation is 1. The Bertz CT molecular complexity index is 1540. The first-order valence-electron chi connectivity index (χ1n) is 10.8. The van der Waals surface area contributed by atoms with Crippen molar-refractivity contribution in [3.05, 3.63) is 102 Å². The number of urea groups is 1. The summed E-state index contributed by atoms with van der Waals surface area (Å²) in [6, 6.07) is 30.4. The number of nitrogens with one attached hydrogen (secondary N) is 3. The van der Waals surface area contributed by atoms with Gasteiger partial charge in [0.2, 0.25) is 0 Å². The lowest BCUT2D eigenvalue weighted by molar-refractivity contribution is 0.262. The van der Waals surface area contributed by atoms with Gasteiger partial charge in [0.1, 0.15) is 5.82 Å². The van der Waals surface area contributed by atoms with Crippen LogP contribution < -0.4 is 10.6 Å². The van der Waals surface area contributed by atoms with Crippen LogP contribution in [0.3, 0.4) is 0 Å². The first-order chi connectivity index (χ1) is 16.6. The molecule has 0 spiro atoms. The summed E-state index contributed by atoms with van der Waals surface area (Å²) in [5, 5.41) is 14.6. The van der Waals surface area contributed by atoms with Crippen LogP contribution in [0.1, 0.15) is 11.1 Å². The van der Waals surface area contributed by atoms with E-state index in [1.165, 1.54) is 0 Å². The summed E-state index contributed by atoms with van der Waals surface area (Å²) in [6.07, 6.45) is 0. The second-order valence-electron chi connectivity index (χ2n) is 7.99. The minimum Gasteiger partial charge on any atom is -0.338 e. The van der Waals surface area contributed by atoms with Gasteiger partial charge in [-0.1, -0.05) is 48.5 Å². The van der Waals surface area contributed by atoms with Gasteiger partial charge in [0.05, 0.1) is 22.7 Å². The fraction of sp³-hybridized carbons (Fsp3) is 0.0357. The smallest absolute Gasteiger partial charge is 0.323 e. The Morgan fingerprint density at radius 3 is 2.35 bits per heavy atom. The molecule has 6 nitrogen and oxygen atoms in total. The van der Waals surface area contributed by atoms with E-state index in [4.69, 9.17) is 10.2 Å². The van der Waals surface area contributed by atoms with Crippen LogP contribution in [0, 0.1) is 18.3 Å². The Balaban J connectivity index is 1.32. The summed E-state index contributed by atoms with van der Waals surface area (Å²) < 4.78 is 0. The number of nitriles is 1. The number of aromatic nitrogens is 2. The number of carbonyl (C=O) groups is 1. The highest BCUT2D eigenvalue weighted by atomic mass is 16.2. The maximum absolute atomic E-state index is 12.3. The zero-order valence-electron chi connectivity index (χ0n) is 18.5. The Labute approximate surface area is 196 Å². The van der Waals surface area contributed by atoms with Gasteiger partial charge >= 0.3 is 6.03 Å². The van der Waals surface area contributed by atoms with Crippen LogP contribution in [0.4, 0.5) is 16.2 Å². The number of fused-ring (bicyclic) bond motifs is 1. The molecular formula is C28H21N5O. The van der Waals surface area contributed by atoms with Gasteiger partial charge in [-0.3, -0.25) is 0 Å². The Hall–Kier alpha value is -4.89. The number of anilines is 2. The molecule has 34 heavy (non-hydrogen) atoms. The van der Waals surface area contributed by atoms with E-state index in [0.29, 0.717) is 16.9 Å². The number of nitrogens with zero attached hydrogens (tertiary/aromatic N) is 2. The second kappa shape index (κ2) is 8.93.